The molecule has 3 aromatic rings. The van der Waals surface area contributed by atoms with Gasteiger partial charge in [-0.15, -0.1) is 10.2 Å². The van der Waals surface area contributed by atoms with E-state index in [1.165, 1.54) is 28.4 Å². The van der Waals surface area contributed by atoms with Crippen LogP contribution in [-0.4, -0.2) is 50.3 Å². The summed E-state index contributed by atoms with van der Waals surface area (Å²) in [5, 5.41) is 11.2. The fourth-order valence-corrected chi connectivity index (χ4v) is 3.70. The number of carbonyl (C=O) groups is 1. The number of thioether (sulfide) groups is 1. The number of rotatable bonds is 9. The van der Waals surface area contributed by atoms with Crippen LogP contribution in [0.5, 0.6) is 23.0 Å². The third kappa shape index (κ3) is 6.27. The van der Waals surface area contributed by atoms with Crippen LogP contribution < -0.4 is 24.3 Å². The second-order valence-electron chi connectivity index (χ2n) is 6.92. The van der Waals surface area contributed by atoms with Gasteiger partial charge in [-0.25, -0.2) is 0 Å². The molecule has 1 heterocycles. The van der Waals surface area contributed by atoms with Crippen LogP contribution in [0.4, 0.5) is 18.9 Å². The molecule has 0 spiro atoms. The molecule has 0 saturated heterocycles. The summed E-state index contributed by atoms with van der Waals surface area (Å²) in [6.07, 6.45) is -4.55. The summed E-state index contributed by atoms with van der Waals surface area (Å²) in [7, 11) is 5.82. The highest BCUT2D eigenvalue weighted by molar-refractivity contribution is 7.99. The molecule has 0 aliphatic heterocycles. The van der Waals surface area contributed by atoms with E-state index < -0.39 is 17.6 Å². The van der Waals surface area contributed by atoms with Crippen molar-refractivity contribution < 1.29 is 36.9 Å². The molecule has 8 nitrogen and oxygen atoms in total. The second kappa shape index (κ2) is 11.2. The average Bonchev–Trinajstić information content (AvgIpc) is 2.86. The Bertz CT molecular complexity index is 1170. The fourth-order valence-electron chi connectivity index (χ4n) is 3.09. The first-order valence-electron chi connectivity index (χ1n) is 10.0. The quantitative estimate of drug-likeness (QED) is 0.406. The summed E-state index contributed by atoms with van der Waals surface area (Å²) in [5.41, 5.74) is 0.246. The van der Waals surface area contributed by atoms with Gasteiger partial charge in [0.1, 0.15) is 10.8 Å². The Morgan fingerprint density at radius 2 is 1.54 bits per heavy atom. The predicted octanol–water partition coefficient (Wildman–Crippen LogP) is 4.93. The van der Waals surface area contributed by atoms with Gasteiger partial charge in [0.25, 0.3) is 0 Å². The van der Waals surface area contributed by atoms with Gasteiger partial charge in [-0.2, -0.15) is 13.2 Å². The van der Waals surface area contributed by atoms with Gasteiger partial charge in [0.05, 0.1) is 51.1 Å². The van der Waals surface area contributed by atoms with Gasteiger partial charge in [-0.1, -0.05) is 11.8 Å². The van der Waals surface area contributed by atoms with Crippen LogP contribution >= 0.6 is 11.8 Å². The van der Waals surface area contributed by atoms with Crippen molar-refractivity contribution in [2.24, 2.45) is 0 Å². The lowest BCUT2D eigenvalue weighted by Crippen LogP contribution is -2.16. The van der Waals surface area contributed by atoms with Crippen LogP contribution in [0.3, 0.4) is 0 Å². The van der Waals surface area contributed by atoms with Crippen molar-refractivity contribution in [3.8, 4) is 34.3 Å². The normalized spacial score (nSPS) is 11.1. The van der Waals surface area contributed by atoms with Crippen molar-refractivity contribution in [1.82, 2.24) is 10.2 Å². The van der Waals surface area contributed by atoms with Gasteiger partial charge >= 0.3 is 6.18 Å². The molecule has 0 aliphatic rings. The highest BCUT2D eigenvalue weighted by Gasteiger charge is 2.31. The number of ether oxygens (including phenoxy) is 4. The number of anilines is 1. The van der Waals surface area contributed by atoms with Crippen LogP contribution in [-0.2, 0) is 11.0 Å². The topological polar surface area (TPSA) is 91.8 Å². The lowest BCUT2D eigenvalue weighted by Gasteiger charge is -2.14. The van der Waals surface area contributed by atoms with Gasteiger partial charge in [-0.3, -0.25) is 4.79 Å². The van der Waals surface area contributed by atoms with E-state index in [9.17, 15) is 18.0 Å². The lowest BCUT2D eigenvalue weighted by molar-refractivity contribution is -0.137. The van der Waals surface area contributed by atoms with E-state index in [0.717, 1.165) is 30.0 Å². The molecule has 186 valence electrons. The maximum atomic E-state index is 13.0. The average molecular weight is 510 g/mol. The van der Waals surface area contributed by atoms with E-state index in [0.29, 0.717) is 33.5 Å². The molecule has 0 saturated carbocycles. The Hall–Kier alpha value is -3.67. The number of aromatic nitrogens is 2. The summed E-state index contributed by atoms with van der Waals surface area (Å²) in [6.45, 7) is 0. The summed E-state index contributed by atoms with van der Waals surface area (Å²) in [6, 6.07) is 9.71. The zero-order valence-electron chi connectivity index (χ0n) is 19.2. The number of alkyl halides is 3. The number of carbonyl (C=O) groups excluding carboxylic acids is 1. The SMILES string of the molecule is COc1ccc(C(F)(F)F)cc1NC(=O)CSc1ccc(-c2cc(OC)c(OC)c(OC)c2)nn1. The third-order valence-corrected chi connectivity index (χ3v) is 5.67. The van der Waals surface area contributed by atoms with E-state index in [-0.39, 0.29) is 17.2 Å². The van der Waals surface area contributed by atoms with E-state index in [2.05, 4.69) is 15.5 Å². The number of halogens is 3. The smallest absolute Gasteiger partial charge is 0.416 e. The molecule has 0 bridgehead atoms. The molecule has 1 aromatic heterocycles. The number of methoxy groups -OCH3 is 4. The molecule has 1 N–H and O–H groups in total. The Labute approximate surface area is 203 Å². The summed E-state index contributed by atoms with van der Waals surface area (Å²) in [4.78, 5) is 12.3. The number of nitrogens with one attached hydrogen (secondary N) is 1. The number of hydrogen-bond acceptors (Lipinski definition) is 8. The minimum Gasteiger partial charge on any atom is -0.495 e. The van der Waals surface area contributed by atoms with Crippen molar-refractivity contribution in [2.45, 2.75) is 11.2 Å². The van der Waals surface area contributed by atoms with E-state index in [4.69, 9.17) is 18.9 Å². The van der Waals surface area contributed by atoms with Gasteiger partial charge < -0.3 is 24.3 Å². The summed E-state index contributed by atoms with van der Waals surface area (Å²) >= 11 is 1.08. The number of hydrogen-bond donors (Lipinski definition) is 1. The molecule has 0 unspecified atom stereocenters. The van der Waals surface area contributed by atoms with E-state index >= 15 is 0 Å². The van der Waals surface area contributed by atoms with E-state index in [1.807, 2.05) is 0 Å². The Morgan fingerprint density at radius 1 is 0.886 bits per heavy atom. The van der Waals surface area contributed by atoms with Gasteiger partial charge in [0.15, 0.2) is 11.5 Å². The van der Waals surface area contributed by atoms with Gasteiger partial charge in [-0.05, 0) is 42.5 Å². The highest BCUT2D eigenvalue weighted by Crippen LogP contribution is 2.41. The Balaban J connectivity index is 1.69. The molecule has 0 atom stereocenters. The molecule has 12 heteroatoms. The fraction of sp³-hybridized carbons (Fsp3) is 0.261. The third-order valence-electron chi connectivity index (χ3n) is 4.75. The van der Waals surface area contributed by atoms with Crippen LogP contribution in [0.15, 0.2) is 47.5 Å². The molecule has 1 amide bonds. The first-order valence-corrected chi connectivity index (χ1v) is 11.0. The lowest BCUT2D eigenvalue weighted by atomic mass is 10.1. The number of nitrogens with zero attached hydrogens (tertiary/aromatic N) is 2. The minimum atomic E-state index is -4.55. The zero-order valence-corrected chi connectivity index (χ0v) is 20.0. The minimum absolute atomic E-state index is 0.0724. The maximum Gasteiger partial charge on any atom is 0.416 e. The summed E-state index contributed by atoms with van der Waals surface area (Å²) < 4.78 is 60.0. The number of amides is 1. The first kappa shape index (κ1) is 25.9. The maximum absolute atomic E-state index is 13.0. The molecule has 35 heavy (non-hydrogen) atoms. The van der Waals surface area contributed by atoms with Crippen LogP contribution in [0.2, 0.25) is 0 Å². The molecular weight excluding hydrogens is 487 g/mol. The van der Waals surface area contributed by atoms with E-state index in [1.54, 1.807) is 24.3 Å². The van der Waals surface area contributed by atoms with Crippen LogP contribution in [0, 0.1) is 0 Å². The number of benzene rings is 2. The molecule has 2 aromatic carbocycles. The van der Waals surface area contributed by atoms with Crippen molar-refractivity contribution in [1.29, 1.82) is 0 Å². The standard InChI is InChI=1S/C23H22F3N3O5S/c1-31-17-7-5-14(23(24,25)26)11-16(17)27-20(30)12-35-21-8-6-15(28-29-21)13-9-18(32-2)22(34-4)19(10-13)33-3/h5-11H,12H2,1-4H3,(H,27,30). The Kier molecular flexibility index (Phi) is 8.28. The van der Waals surface area contributed by atoms with Crippen molar-refractivity contribution in [3.63, 3.8) is 0 Å². The first-order chi connectivity index (χ1) is 16.7. The van der Waals surface area contributed by atoms with Gasteiger partial charge in [0, 0.05) is 5.56 Å². The van der Waals surface area contributed by atoms with Crippen molar-refractivity contribution in [3.05, 3.63) is 48.0 Å². The molecule has 0 radical (unpaired) electrons. The molecule has 3 rings (SSSR count). The second-order valence-corrected chi connectivity index (χ2v) is 7.92. The zero-order chi connectivity index (χ0) is 25.6. The Morgan fingerprint density at radius 3 is 2.06 bits per heavy atom. The van der Waals surface area contributed by atoms with Crippen molar-refractivity contribution in [2.75, 3.05) is 39.5 Å². The predicted molar refractivity (Wildman–Crippen MR) is 124 cm³/mol. The highest BCUT2D eigenvalue weighted by atomic mass is 32.2. The monoisotopic (exact) mass is 509 g/mol. The largest absolute Gasteiger partial charge is 0.495 e. The van der Waals surface area contributed by atoms with Gasteiger partial charge in [0.2, 0.25) is 11.7 Å². The molecule has 0 fully saturated rings. The van der Waals surface area contributed by atoms with Crippen LogP contribution in [0.1, 0.15) is 5.56 Å². The van der Waals surface area contributed by atoms with Crippen molar-refractivity contribution >= 4 is 23.4 Å². The molecule has 0 aliphatic carbocycles. The van der Waals surface area contributed by atoms with Crippen LogP contribution in [0.25, 0.3) is 11.3 Å². The summed E-state index contributed by atoms with van der Waals surface area (Å²) in [5.74, 6) is 0.862. The molecular formula is C23H22F3N3O5S.